The molecule has 0 radical (unpaired) electrons. The topological polar surface area (TPSA) is 62.8 Å². The maximum atomic E-state index is 13.3. The van der Waals surface area contributed by atoms with E-state index in [0.29, 0.717) is 36.4 Å². The van der Waals surface area contributed by atoms with Crippen molar-refractivity contribution in [1.82, 2.24) is 15.5 Å². The SMILES string of the molecule is CCOCCCO[C@@H](c1cccc(Cl)c1Cl)[C@@H]1CCCN(C(=O)NC(CNC)CC2CCCC2)C1. The number of amides is 2. The molecule has 35 heavy (non-hydrogen) atoms. The molecule has 6 nitrogen and oxygen atoms in total. The lowest BCUT2D eigenvalue weighted by Crippen LogP contribution is -2.51. The highest BCUT2D eigenvalue weighted by Crippen LogP contribution is 2.39. The predicted octanol–water partition coefficient (Wildman–Crippen LogP) is 6.07. The molecule has 0 spiro atoms. The fourth-order valence-electron chi connectivity index (χ4n) is 5.53. The summed E-state index contributed by atoms with van der Waals surface area (Å²) in [5, 5.41) is 7.64. The number of nitrogens with zero attached hydrogens (tertiary/aromatic N) is 1. The molecule has 1 saturated heterocycles. The van der Waals surface area contributed by atoms with Gasteiger partial charge in [0.1, 0.15) is 0 Å². The maximum Gasteiger partial charge on any atom is 0.317 e. The number of nitrogens with one attached hydrogen (secondary N) is 2. The number of ether oxygens (including phenoxy) is 2. The number of carbonyl (C=O) groups is 1. The highest BCUT2D eigenvalue weighted by molar-refractivity contribution is 6.42. The molecule has 0 bridgehead atoms. The predicted molar refractivity (Wildman–Crippen MR) is 143 cm³/mol. The lowest BCUT2D eigenvalue weighted by molar-refractivity contribution is -0.0184. The Balaban J connectivity index is 1.65. The largest absolute Gasteiger partial charge is 0.382 e. The fraction of sp³-hybridized carbons (Fsp3) is 0.741. The molecule has 3 rings (SSSR count). The summed E-state index contributed by atoms with van der Waals surface area (Å²) in [6.45, 7) is 6.13. The summed E-state index contributed by atoms with van der Waals surface area (Å²) in [5.74, 6) is 0.873. The summed E-state index contributed by atoms with van der Waals surface area (Å²) < 4.78 is 11.9. The van der Waals surface area contributed by atoms with Gasteiger partial charge >= 0.3 is 6.03 Å². The normalized spacial score (nSPS) is 20.7. The van der Waals surface area contributed by atoms with Crippen molar-refractivity contribution in [3.05, 3.63) is 33.8 Å². The average Bonchev–Trinajstić information content (AvgIpc) is 3.37. The Labute approximate surface area is 221 Å². The zero-order valence-corrected chi connectivity index (χ0v) is 22.9. The second-order valence-electron chi connectivity index (χ2n) is 9.92. The van der Waals surface area contributed by atoms with Crippen LogP contribution < -0.4 is 10.6 Å². The van der Waals surface area contributed by atoms with Crippen LogP contribution in [0, 0.1) is 11.8 Å². The third-order valence-electron chi connectivity index (χ3n) is 7.27. The van der Waals surface area contributed by atoms with E-state index < -0.39 is 0 Å². The minimum absolute atomic E-state index is 0.0280. The molecule has 2 aliphatic rings. The summed E-state index contributed by atoms with van der Waals surface area (Å²) in [6, 6.07) is 5.89. The summed E-state index contributed by atoms with van der Waals surface area (Å²) in [4.78, 5) is 15.3. The molecule has 1 aromatic rings. The first-order valence-corrected chi connectivity index (χ1v) is 14.1. The van der Waals surface area contributed by atoms with Gasteiger partial charge in [0.05, 0.1) is 16.1 Å². The zero-order chi connectivity index (χ0) is 25.0. The van der Waals surface area contributed by atoms with Gasteiger partial charge in [-0.25, -0.2) is 4.79 Å². The maximum absolute atomic E-state index is 13.3. The Morgan fingerprint density at radius 1 is 1.17 bits per heavy atom. The van der Waals surface area contributed by atoms with E-state index in [1.165, 1.54) is 25.7 Å². The van der Waals surface area contributed by atoms with Crippen LogP contribution in [0.3, 0.4) is 0 Å². The first-order valence-electron chi connectivity index (χ1n) is 13.4. The Bertz CT molecular complexity index is 776. The molecule has 3 atom stereocenters. The summed E-state index contributed by atoms with van der Waals surface area (Å²) in [6.07, 6.45) is 8.76. The molecule has 1 aromatic carbocycles. The van der Waals surface area contributed by atoms with Gasteiger partial charge in [0.15, 0.2) is 0 Å². The minimum Gasteiger partial charge on any atom is -0.382 e. The Morgan fingerprint density at radius 3 is 2.71 bits per heavy atom. The van der Waals surface area contributed by atoms with Crippen LogP contribution in [0.4, 0.5) is 4.79 Å². The fourth-order valence-corrected chi connectivity index (χ4v) is 5.95. The number of likely N-dealkylation sites (N-methyl/N-ethyl adjacent to an activating group) is 1. The summed E-state index contributed by atoms with van der Waals surface area (Å²) >= 11 is 13.0. The monoisotopic (exact) mass is 527 g/mol. The highest BCUT2D eigenvalue weighted by atomic mass is 35.5. The van der Waals surface area contributed by atoms with Crippen molar-refractivity contribution in [2.45, 2.75) is 70.4 Å². The van der Waals surface area contributed by atoms with Crippen LogP contribution in [0.5, 0.6) is 0 Å². The van der Waals surface area contributed by atoms with E-state index in [4.69, 9.17) is 32.7 Å². The summed E-state index contributed by atoms with van der Waals surface area (Å²) in [5.41, 5.74) is 0.900. The van der Waals surface area contributed by atoms with Gasteiger partial charge < -0.3 is 25.0 Å². The van der Waals surface area contributed by atoms with Gasteiger partial charge in [-0.3, -0.25) is 0 Å². The van der Waals surface area contributed by atoms with E-state index >= 15 is 0 Å². The van der Waals surface area contributed by atoms with Gasteiger partial charge in [-0.05, 0) is 51.6 Å². The molecular formula is C27H43Cl2N3O3. The molecular weight excluding hydrogens is 485 g/mol. The molecule has 1 saturated carbocycles. The average molecular weight is 529 g/mol. The van der Waals surface area contributed by atoms with Crippen LogP contribution in [-0.2, 0) is 9.47 Å². The van der Waals surface area contributed by atoms with Crippen LogP contribution in [0.1, 0.15) is 70.0 Å². The third kappa shape index (κ3) is 8.78. The number of carbonyl (C=O) groups excluding carboxylic acids is 1. The molecule has 2 amide bonds. The molecule has 2 N–H and O–H groups in total. The second-order valence-corrected chi connectivity index (χ2v) is 10.7. The van der Waals surface area contributed by atoms with Crippen LogP contribution in [0.15, 0.2) is 18.2 Å². The van der Waals surface area contributed by atoms with Gasteiger partial charge in [0.2, 0.25) is 0 Å². The van der Waals surface area contributed by atoms with Gasteiger partial charge in [-0.15, -0.1) is 0 Å². The first kappa shape index (κ1) is 28.5. The molecule has 1 aliphatic carbocycles. The number of hydrogen-bond donors (Lipinski definition) is 2. The quantitative estimate of drug-likeness (QED) is 0.305. The van der Waals surface area contributed by atoms with Crippen molar-refractivity contribution in [2.24, 2.45) is 11.8 Å². The van der Waals surface area contributed by atoms with Gasteiger partial charge in [-0.2, -0.15) is 0 Å². The highest BCUT2D eigenvalue weighted by Gasteiger charge is 2.33. The van der Waals surface area contributed by atoms with E-state index in [-0.39, 0.29) is 24.1 Å². The van der Waals surface area contributed by atoms with Crippen molar-refractivity contribution >= 4 is 29.2 Å². The molecule has 2 fully saturated rings. The van der Waals surface area contributed by atoms with E-state index in [1.807, 2.05) is 31.0 Å². The van der Waals surface area contributed by atoms with Crippen LogP contribution in [0.2, 0.25) is 10.0 Å². The van der Waals surface area contributed by atoms with Crippen molar-refractivity contribution in [2.75, 3.05) is 46.5 Å². The number of hydrogen-bond acceptors (Lipinski definition) is 4. The van der Waals surface area contributed by atoms with Crippen molar-refractivity contribution in [3.63, 3.8) is 0 Å². The van der Waals surface area contributed by atoms with E-state index in [0.717, 1.165) is 50.3 Å². The Hall–Kier alpha value is -1.05. The molecule has 1 heterocycles. The van der Waals surface area contributed by atoms with E-state index in [1.54, 1.807) is 6.07 Å². The molecule has 1 unspecified atom stereocenters. The number of urea groups is 1. The lowest BCUT2D eigenvalue weighted by Gasteiger charge is -2.38. The van der Waals surface area contributed by atoms with Crippen molar-refractivity contribution in [1.29, 1.82) is 0 Å². The lowest BCUT2D eigenvalue weighted by atomic mass is 9.88. The van der Waals surface area contributed by atoms with Crippen LogP contribution >= 0.6 is 23.2 Å². The van der Waals surface area contributed by atoms with Crippen molar-refractivity contribution in [3.8, 4) is 0 Å². The smallest absolute Gasteiger partial charge is 0.317 e. The third-order valence-corrected chi connectivity index (χ3v) is 8.10. The van der Waals surface area contributed by atoms with Gasteiger partial charge in [0, 0.05) is 57.0 Å². The molecule has 0 aromatic heterocycles. The van der Waals surface area contributed by atoms with E-state index in [2.05, 4.69) is 10.6 Å². The minimum atomic E-state index is -0.218. The van der Waals surface area contributed by atoms with Crippen LogP contribution in [-0.4, -0.2) is 63.5 Å². The van der Waals surface area contributed by atoms with Gasteiger partial charge in [-0.1, -0.05) is 61.0 Å². The number of likely N-dealkylation sites (tertiary alicyclic amines) is 1. The second kappa shape index (κ2) is 15.3. The first-order chi connectivity index (χ1) is 17.0. The Kier molecular flexibility index (Phi) is 12.4. The number of rotatable bonds is 13. The standard InChI is InChI=1S/C27H43Cl2N3O3/c1-3-34-15-8-16-35-26(23-12-6-13-24(28)25(23)29)21-11-7-14-32(19-21)27(33)31-22(18-30-2)17-20-9-4-5-10-20/h6,12-13,20-22,26,30H,3-5,7-11,14-19H2,1-2H3,(H,31,33)/t21-,22?,26-/m1/s1. The Morgan fingerprint density at radius 2 is 1.97 bits per heavy atom. The zero-order valence-electron chi connectivity index (χ0n) is 21.4. The molecule has 8 heteroatoms. The van der Waals surface area contributed by atoms with Crippen LogP contribution in [0.25, 0.3) is 0 Å². The number of piperidine rings is 1. The molecule has 198 valence electrons. The van der Waals surface area contributed by atoms with Crippen molar-refractivity contribution < 1.29 is 14.3 Å². The number of halogens is 2. The van der Waals surface area contributed by atoms with E-state index in [9.17, 15) is 4.79 Å². The molecule has 1 aliphatic heterocycles. The summed E-state index contributed by atoms with van der Waals surface area (Å²) in [7, 11) is 1.95. The van der Waals surface area contributed by atoms with Gasteiger partial charge in [0.25, 0.3) is 0 Å². The number of benzene rings is 1.